The Balaban J connectivity index is 1.57. The van der Waals surface area contributed by atoms with Crippen molar-refractivity contribution in [3.8, 4) is 11.4 Å². The van der Waals surface area contributed by atoms with Gasteiger partial charge in [0.2, 0.25) is 17.6 Å². The molecule has 1 aromatic heterocycles. The molecule has 3 atom stereocenters. The van der Waals surface area contributed by atoms with Crippen LogP contribution in [0.3, 0.4) is 0 Å². The molecule has 1 fully saturated rings. The highest BCUT2D eigenvalue weighted by Crippen LogP contribution is 2.39. The Hall–Kier alpha value is -3.48. The molecule has 0 bridgehead atoms. The Morgan fingerprint density at radius 3 is 2.35 bits per heavy atom. The zero-order valence-corrected chi connectivity index (χ0v) is 17.6. The lowest BCUT2D eigenvalue weighted by Gasteiger charge is -2.18. The quantitative estimate of drug-likeness (QED) is 0.638. The van der Waals surface area contributed by atoms with E-state index in [4.69, 9.17) is 4.52 Å². The Bertz CT molecular complexity index is 1030. The van der Waals surface area contributed by atoms with Gasteiger partial charge in [-0.05, 0) is 38.8 Å². The maximum atomic E-state index is 12.8. The van der Waals surface area contributed by atoms with Gasteiger partial charge in [0, 0.05) is 29.1 Å². The lowest BCUT2D eigenvalue weighted by Crippen LogP contribution is -2.38. The first-order valence-corrected chi connectivity index (χ1v) is 10.6. The van der Waals surface area contributed by atoms with Gasteiger partial charge in [0.15, 0.2) is 0 Å². The van der Waals surface area contributed by atoms with Crippen molar-refractivity contribution < 1.29 is 14.1 Å². The van der Waals surface area contributed by atoms with Crippen molar-refractivity contribution in [2.75, 3.05) is 0 Å². The van der Waals surface area contributed by atoms with Gasteiger partial charge in [-0.1, -0.05) is 53.7 Å². The van der Waals surface area contributed by atoms with Gasteiger partial charge >= 0.3 is 0 Å². The van der Waals surface area contributed by atoms with E-state index in [0.29, 0.717) is 30.1 Å². The maximum Gasteiger partial charge on any atom is 0.251 e. The molecule has 7 heteroatoms. The predicted octanol–water partition coefficient (Wildman–Crippen LogP) is 3.55. The number of carbonyl (C=O) groups is 2. The van der Waals surface area contributed by atoms with Gasteiger partial charge in [0.1, 0.15) is 0 Å². The van der Waals surface area contributed by atoms with E-state index in [2.05, 4.69) is 20.8 Å². The Morgan fingerprint density at radius 2 is 1.68 bits per heavy atom. The Labute approximate surface area is 181 Å². The molecule has 7 nitrogen and oxygen atoms in total. The van der Waals surface area contributed by atoms with Crippen LogP contribution in [-0.2, 0) is 4.79 Å². The van der Waals surface area contributed by atoms with Gasteiger partial charge in [-0.25, -0.2) is 0 Å². The molecule has 1 aliphatic carbocycles. The number of nitrogens with zero attached hydrogens (tertiary/aromatic N) is 2. The summed E-state index contributed by atoms with van der Waals surface area (Å²) in [5.74, 6) is 0.277. The van der Waals surface area contributed by atoms with E-state index in [0.717, 1.165) is 5.56 Å². The van der Waals surface area contributed by atoms with Crippen LogP contribution >= 0.6 is 0 Å². The first-order valence-electron chi connectivity index (χ1n) is 10.6. The second-order valence-electron chi connectivity index (χ2n) is 8.21. The van der Waals surface area contributed by atoms with E-state index in [1.165, 1.54) is 0 Å². The highest BCUT2D eigenvalue weighted by atomic mass is 16.5. The van der Waals surface area contributed by atoms with Crippen LogP contribution in [0.1, 0.15) is 48.9 Å². The maximum absolute atomic E-state index is 12.8. The van der Waals surface area contributed by atoms with Crippen molar-refractivity contribution >= 4 is 11.8 Å². The molecule has 31 heavy (non-hydrogen) atoms. The van der Waals surface area contributed by atoms with Gasteiger partial charge < -0.3 is 15.2 Å². The number of nitrogens with one attached hydrogen (secondary N) is 2. The Kier molecular flexibility index (Phi) is 6.11. The summed E-state index contributed by atoms with van der Waals surface area (Å²) < 4.78 is 5.59. The average Bonchev–Trinajstić information content (AvgIpc) is 3.42. The van der Waals surface area contributed by atoms with E-state index in [1.54, 1.807) is 12.1 Å². The molecule has 0 unspecified atom stereocenters. The van der Waals surface area contributed by atoms with Crippen LogP contribution in [0.2, 0.25) is 0 Å². The predicted molar refractivity (Wildman–Crippen MR) is 116 cm³/mol. The molecule has 0 aliphatic heterocycles. The normalized spacial score (nSPS) is 20.5. The molecule has 2 N–H and O–H groups in total. The van der Waals surface area contributed by atoms with Crippen LogP contribution in [0, 0.1) is 5.92 Å². The Morgan fingerprint density at radius 1 is 1.00 bits per heavy atom. The third-order valence-electron chi connectivity index (χ3n) is 5.51. The fourth-order valence-electron chi connectivity index (χ4n) is 4.02. The average molecular weight is 418 g/mol. The summed E-state index contributed by atoms with van der Waals surface area (Å²) in [5.41, 5.74) is 1.43. The van der Waals surface area contributed by atoms with Crippen LogP contribution in [0.25, 0.3) is 11.4 Å². The van der Waals surface area contributed by atoms with E-state index in [-0.39, 0.29) is 35.7 Å². The van der Waals surface area contributed by atoms with Crippen molar-refractivity contribution in [2.45, 2.75) is 44.7 Å². The molecule has 0 radical (unpaired) electrons. The van der Waals surface area contributed by atoms with Crippen molar-refractivity contribution in [2.24, 2.45) is 5.92 Å². The van der Waals surface area contributed by atoms with Crippen molar-refractivity contribution in [1.82, 2.24) is 20.8 Å². The molecule has 160 valence electrons. The van der Waals surface area contributed by atoms with Crippen molar-refractivity contribution in [3.63, 3.8) is 0 Å². The molecular formula is C24H26N4O3. The van der Waals surface area contributed by atoms with Gasteiger partial charge in [0.05, 0.1) is 5.92 Å². The summed E-state index contributed by atoms with van der Waals surface area (Å²) >= 11 is 0. The summed E-state index contributed by atoms with van der Waals surface area (Å²) in [4.78, 5) is 30.0. The number of benzene rings is 2. The molecule has 2 amide bonds. The van der Waals surface area contributed by atoms with Crippen LogP contribution < -0.4 is 10.6 Å². The fraction of sp³-hybridized carbons (Fsp3) is 0.333. The number of amides is 2. The highest BCUT2D eigenvalue weighted by molar-refractivity contribution is 5.94. The molecule has 1 saturated carbocycles. The summed E-state index contributed by atoms with van der Waals surface area (Å²) in [6, 6.07) is 18.4. The van der Waals surface area contributed by atoms with Crippen molar-refractivity contribution in [3.05, 3.63) is 72.1 Å². The minimum Gasteiger partial charge on any atom is -0.354 e. The number of hydrogen-bond donors (Lipinski definition) is 2. The zero-order chi connectivity index (χ0) is 21.8. The lowest BCUT2D eigenvalue weighted by molar-refractivity contribution is -0.125. The summed E-state index contributed by atoms with van der Waals surface area (Å²) in [6.45, 7) is 3.87. The molecular weight excluding hydrogens is 392 g/mol. The van der Waals surface area contributed by atoms with Crippen LogP contribution in [0.5, 0.6) is 0 Å². The number of rotatable bonds is 6. The first kappa shape index (κ1) is 20.8. The van der Waals surface area contributed by atoms with Crippen molar-refractivity contribution in [1.29, 1.82) is 0 Å². The minimum absolute atomic E-state index is 0.0146. The van der Waals surface area contributed by atoms with Crippen LogP contribution in [-0.4, -0.2) is 34.0 Å². The third-order valence-corrected chi connectivity index (χ3v) is 5.51. The topological polar surface area (TPSA) is 97.1 Å². The molecule has 2 aromatic carbocycles. The largest absolute Gasteiger partial charge is 0.354 e. The van der Waals surface area contributed by atoms with E-state index in [9.17, 15) is 9.59 Å². The van der Waals surface area contributed by atoms with Gasteiger partial charge in [-0.2, -0.15) is 4.98 Å². The van der Waals surface area contributed by atoms with Crippen LogP contribution in [0.15, 0.2) is 65.2 Å². The number of carbonyl (C=O) groups excluding carboxylic acids is 2. The molecule has 0 saturated heterocycles. The number of aromatic nitrogens is 2. The van der Waals surface area contributed by atoms with Gasteiger partial charge in [-0.15, -0.1) is 0 Å². The lowest BCUT2D eigenvalue weighted by atomic mass is 10.0. The monoisotopic (exact) mass is 418 g/mol. The molecule has 1 aliphatic rings. The van der Waals surface area contributed by atoms with Crippen LogP contribution in [0.4, 0.5) is 0 Å². The fourth-order valence-corrected chi connectivity index (χ4v) is 4.02. The summed E-state index contributed by atoms with van der Waals surface area (Å²) in [6.07, 6.45) is 1.06. The molecule has 1 heterocycles. The summed E-state index contributed by atoms with van der Waals surface area (Å²) in [5, 5.41) is 10.2. The first-order chi connectivity index (χ1) is 15.0. The molecule has 4 rings (SSSR count). The summed E-state index contributed by atoms with van der Waals surface area (Å²) in [7, 11) is 0. The smallest absolute Gasteiger partial charge is 0.251 e. The standard InChI is InChI=1S/C24H26N4O3/c1-15(2)25-23(30)18-13-19(20(14-18)26-22(29)17-11-7-4-8-12-17)24-27-21(28-31-24)16-9-5-3-6-10-16/h3-12,15,18-20H,13-14H2,1-2H3,(H,25,30)(H,26,29)/t18-,19-,20+/m1/s1. The SMILES string of the molecule is CC(C)NC(=O)[C@H]1C[C@H](NC(=O)c2ccccc2)[C@H](c2nc(-c3ccccc3)no2)C1. The molecule has 3 aromatic rings. The number of hydrogen-bond acceptors (Lipinski definition) is 5. The van der Waals surface area contributed by atoms with E-state index < -0.39 is 0 Å². The van der Waals surface area contributed by atoms with Gasteiger partial charge in [-0.3, -0.25) is 9.59 Å². The minimum atomic E-state index is -0.278. The van der Waals surface area contributed by atoms with E-state index in [1.807, 2.05) is 62.4 Å². The third kappa shape index (κ3) is 4.82. The highest BCUT2D eigenvalue weighted by Gasteiger charge is 2.42. The second kappa shape index (κ2) is 9.12. The molecule has 0 spiro atoms. The second-order valence-corrected chi connectivity index (χ2v) is 8.21. The zero-order valence-electron chi connectivity index (χ0n) is 17.6. The van der Waals surface area contributed by atoms with E-state index >= 15 is 0 Å². The van der Waals surface area contributed by atoms with Gasteiger partial charge in [0.25, 0.3) is 5.91 Å².